The lowest BCUT2D eigenvalue weighted by Crippen LogP contribution is -2.47. The Kier molecular flexibility index (Phi) is 13.2. The molecule has 0 radical (unpaired) electrons. The molecular weight excluding hydrogens is 490 g/mol. The molecule has 4 atom stereocenters. The minimum atomic E-state index is -1.04. The average Bonchev–Trinajstić information content (AvgIpc) is 2.88. The van der Waals surface area contributed by atoms with E-state index in [1.165, 1.54) is 7.11 Å². The molecule has 0 aliphatic rings. The fourth-order valence-electron chi connectivity index (χ4n) is 3.61. The van der Waals surface area contributed by atoms with Gasteiger partial charge < -0.3 is 34.1 Å². The van der Waals surface area contributed by atoms with Crippen LogP contribution in [-0.2, 0) is 41.7 Å². The molecule has 0 spiro atoms. The third-order valence-electron chi connectivity index (χ3n) is 5.44. The van der Waals surface area contributed by atoms with Gasteiger partial charge in [-0.25, -0.2) is 9.59 Å². The van der Waals surface area contributed by atoms with Crippen LogP contribution in [0.4, 0.5) is 4.79 Å². The number of hydrogen-bond acceptors (Lipinski definition) is 8. The third-order valence-corrected chi connectivity index (χ3v) is 5.44. The van der Waals surface area contributed by atoms with Crippen LogP contribution in [0, 0.1) is 0 Å². The van der Waals surface area contributed by atoms with Gasteiger partial charge in [-0.3, -0.25) is 0 Å². The molecule has 0 aliphatic carbocycles. The van der Waals surface area contributed by atoms with E-state index < -0.39 is 42.0 Å². The van der Waals surface area contributed by atoms with E-state index in [0.717, 1.165) is 11.1 Å². The number of methoxy groups -OCH3 is 1. The second-order valence-corrected chi connectivity index (χ2v) is 9.92. The van der Waals surface area contributed by atoms with Crippen molar-refractivity contribution >= 4 is 12.1 Å². The van der Waals surface area contributed by atoms with Gasteiger partial charge in [-0.2, -0.15) is 0 Å². The van der Waals surface area contributed by atoms with Crippen LogP contribution in [0.25, 0.3) is 0 Å². The molecule has 0 fully saturated rings. The summed E-state index contributed by atoms with van der Waals surface area (Å²) in [5, 5.41) is 13.0. The quantitative estimate of drug-likeness (QED) is 0.262. The monoisotopic (exact) mass is 531 g/mol. The highest BCUT2D eigenvalue weighted by molar-refractivity contribution is 5.81. The van der Waals surface area contributed by atoms with E-state index in [-0.39, 0.29) is 13.2 Å². The summed E-state index contributed by atoms with van der Waals surface area (Å²) < 4.78 is 28.0. The SMILES string of the molecule is COC(=O)[C@H](COCC[C@H](OCc1ccccc1)[C@@H](OCc1ccccc1)[C@H](C)O)NC(=O)OC(C)(C)C. The first-order chi connectivity index (χ1) is 18.1. The predicted octanol–water partition coefficient (Wildman–Crippen LogP) is 4.01. The summed E-state index contributed by atoms with van der Waals surface area (Å²) in [6, 6.07) is 18.3. The molecule has 0 saturated carbocycles. The summed E-state index contributed by atoms with van der Waals surface area (Å²) in [5.41, 5.74) is 1.24. The molecule has 210 valence electrons. The van der Waals surface area contributed by atoms with Crippen molar-refractivity contribution < 1.29 is 38.4 Å². The van der Waals surface area contributed by atoms with Crippen LogP contribution >= 0.6 is 0 Å². The van der Waals surface area contributed by atoms with Gasteiger partial charge in [0.2, 0.25) is 0 Å². The molecule has 1 amide bonds. The minimum absolute atomic E-state index is 0.123. The van der Waals surface area contributed by atoms with Gasteiger partial charge in [-0.1, -0.05) is 60.7 Å². The van der Waals surface area contributed by atoms with Gasteiger partial charge in [0.1, 0.15) is 11.7 Å². The molecule has 0 bridgehead atoms. The Morgan fingerprint density at radius 3 is 1.97 bits per heavy atom. The van der Waals surface area contributed by atoms with Gasteiger partial charge in [0.25, 0.3) is 0 Å². The average molecular weight is 532 g/mol. The van der Waals surface area contributed by atoms with E-state index in [9.17, 15) is 14.7 Å². The van der Waals surface area contributed by atoms with Crippen molar-refractivity contribution in [1.82, 2.24) is 5.32 Å². The lowest BCUT2D eigenvalue weighted by molar-refractivity contribution is -0.146. The van der Waals surface area contributed by atoms with Gasteiger partial charge in [-0.05, 0) is 45.2 Å². The summed E-state index contributed by atoms with van der Waals surface area (Å²) in [6.07, 6.45) is -2.31. The number of nitrogens with one attached hydrogen (secondary N) is 1. The fraction of sp³-hybridized carbons (Fsp3) is 0.517. The molecular formula is C29H41NO8. The molecule has 2 N–H and O–H groups in total. The Morgan fingerprint density at radius 2 is 1.47 bits per heavy atom. The first-order valence-corrected chi connectivity index (χ1v) is 12.7. The summed E-state index contributed by atoms with van der Waals surface area (Å²) in [5.74, 6) is -0.652. The number of esters is 1. The van der Waals surface area contributed by atoms with E-state index >= 15 is 0 Å². The maximum atomic E-state index is 12.2. The molecule has 2 aromatic rings. The Morgan fingerprint density at radius 1 is 0.921 bits per heavy atom. The molecule has 0 saturated heterocycles. The van der Waals surface area contributed by atoms with Gasteiger partial charge in [0, 0.05) is 6.61 Å². The lowest BCUT2D eigenvalue weighted by Gasteiger charge is -2.30. The van der Waals surface area contributed by atoms with Crippen LogP contribution in [0.2, 0.25) is 0 Å². The summed E-state index contributed by atoms with van der Waals surface area (Å²) in [7, 11) is 1.23. The first kappa shape index (κ1) is 31.2. The van der Waals surface area contributed by atoms with Gasteiger partial charge in [-0.15, -0.1) is 0 Å². The smallest absolute Gasteiger partial charge is 0.408 e. The van der Waals surface area contributed by atoms with Gasteiger partial charge >= 0.3 is 12.1 Å². The second-order valence-electron chi connectivity index (χ2n) is 9.92. The molecule has 38 heavy (non-hydrogen) atoms. The van der Waals surface area contributed by atoms with Crippen LogP contribution in [0.15, 0.2) is 60.7 Å². The lowest BCUT2D eigenvalue weighted by atomic mass is 10.1. The van der Waals surface area contributed by atoms with Crippen LogP contribution in [0.1, 0.15) is 45.2 Å². The number of amides is 1. The van der Waals surface area contributed by atoms with Gasteiger partial charge in [0.15, 0.2) is 6.04 Å². The zero-order valence-electron chi connectivity index (χ0n) is 22.9. The van der Waals surface area contributed by atoms with Crippen LogP contribution in [0.5, 0.6) is 0 Å². The van der Waals surface area contributed by atoms with E-state index in [2.05, 4.69) is 5.32 Å². The molecule has 0 aliphatic heterocycles. The van der Waals surface area contributed by atoms with E-state index in [4.69, 9.17) is 23.7 Å². The Bertz CT molecular complexity index is 946. The maximum Gasteiger partial charge on any atom is 0.408 e. The molecule has 0 unspecified atom stereocenters. The van der Waals surface area contributed by atoms with E-state index in [0.29, 0.717) is 19.6 Å². The number of benzene rings is 2. The first-order valence-electron chi connectivity index (χ1n) is 12.7. The highest BCUT2D eigenvalue weighted by atomic mass is 16.6. The molecule has 0 heterocycles. The highest BCUT2D eigenvalue weighted by Gasteiger charge is 2.29. The predicted molar refractivity (Wildman–Crippen MR) is 142 cm³/mol. The van der Waals surface area contributed by atoms with Gasteiger partial charge in [0.05, 0.1) is 39.1 Å². The number of aliphatic hydroxyl groups is 1. The zero-order valence-corrected chi connectivity index (χ0v) is 22.9. The normalized spacial score (nSPS) is 14.7. The van der Waals surface area contributed by atoms with E-state index in [1.807, 2.05) is 60.7 Å². The summed E-state index contributed by atoms with van der Waals surface area (Å²) >= 11 is 0. The standard InChI is InChI=1S/C29H41NO8/c1-21(31)26(37-19-23-14-10-7-11-15-23)25(36-18-22-12-8-6-9-13-22)16-17-35-20-24(27(32)34-5)30-28(33)38-29(2,3)4/h6-15,21,24-26,31H,16-20H2,1-5H3,(H,30,33)/t21-,24-,25-,26-/m0/s1. The highest BCUT2D eigenvalue weighted by Crippen LogP contribution is 2.18. The third kappa shape index (κ3) is 12.0. The number of carbonyl (C=O) groups is 2. The number of rotatable bonds is 15. The summed E-state index contributed by atoms with van der Waals surface area (Å²) in [6.45, 7) is 7.54. The van der Waals surface area contributed by atoms with Crippen LogP contribution in [0.3, 0.4) is 0 Å². The van der Waals surface area contributed by atoms with Crippen molar-refractivity contribution in [3.05, 3.63) is 71.8 Å². The molecule has 9 nitrogen and oxygen atoms in total. The fourth-order valence-corrected chi connectivity index (χ4v) is 3.61. The number of carbonyl (C=O) groups excluding carboxylic acids is 2. The van der Waals surface area contributed by atoms with Crippen molar-refractivity contribution in [2.45, 2.75) is 77.3 Å². The number of hydrogen-bond donors (Lipinski definition) is 2. The topological polar surface area (TPSA) is 113 Å². The van der Waals surface area contributed by atoms with Crippen molar-refractivity contribution in [3.63, 3.8) is 0 Å². The van der Waals surface area contributed by atoms with Crippen LogP contribution in [-0.4, -0.2) is 67.4 Å². The molecule has 2 aromatic carbocycles. The number of alkyl carbamates (subject to hydrolysis) is 1. The van der Waals surface area contributed by atoms with Crippen molar-refractivity contribution in [2.75, 3.05) is 20.3 Å². The minimum Gasteiger partial charge on any atom is -0.467 e. The molecule has 2 rings (SSSR count). The summed E-state index contributed by atoms with van der Waals surface area (Å²) in [4.78, 5) is 24.3. The number of ether oxygens (including phenoxy) is 5. The largest absolute Gasteiger partial charge is 0.467 e. The van der Waals surface area contributed by atoms with Crippen molar-refractivity contribution in [2.24, 2.45) is 0 Å². The molecule has 9 heteroatoms. The van der Waals surface area contributed by atoms with Crippen LogP contribution < -0.4 is 5.32 Å². The molecule has 0 aromatic heterocycles. The van der Waals surface area contributed by atoms with Crippen molar-refractivity contribution in [1.29, 1.82) is 0 Å². The maximum absolute atomic E-state index is 12.2. The Labute approximate surface area is 225 Å². The van der Waals surface area contributed by atoms with Crippen molar-refractivity contribution in [3.8, 4) is 0 Å². The zero-order chi connectivity index (χ0) is 28.0. The van der Waals surface area contributed by atoms with E-state index in [1.54, 1.807) is 27.7 Å². The second kappa shape index (κ2) is 16.1. The number of aliphatic hydroxyl groups excluding tert-OH is 1. The Hall–Kier alpha value is -2.98. The Balaban J connectivity index is 2.01.